The molecule has 0 radical (unpaired) electrons. The van der Waals surface area contributed by atoms with E-state index in [1.54, 1.807) is 6.07 Å². The monoisotopic (exact) mass is 400 g/mol. The van der Waals surface area contributed by atoms with Gasteiger partial charge in [0.15, 0.2) is 0 Å². The molecule has 2 aromatic heterocycles. The first-order chi connectivity index (χ1) is 13.9. The molecule has 6 nitrogen and oxygen atoms in total. The second kappa shape index (κ2) is 7.88. The highest BCUT2D eigenvalue weighted by Crippen LogP contribution is 2.25. The fourth-order valence-corrected chi connectivity index (χ4v) is 3.72. The van der Waals surface area contributed by atoms with E-state index in [1.165, 1.54) is 18.3 Å². The van der Waals surface area contributed by atoms with Gasteiger partial charge in [0, 0.05) is 55.9 Å². The molecule has 1 aliphatic heterocycles. The topological polar surface area (TPSA) is 61.6 Å². The van der Waals surface area contributed by atoms with Gasteiger partial charge in [0.05, 0.1) is 18.3 Å². The first-order valence-electron chi connectivity index (χ1n) is 9.46. The lowest BCUT2D eigenvalue weighted by molar-refractivity contribution is 0.0690. The van der Waals surface area contributed by atoms with Crippen molar-refractivity contribution in [1.82, 2.24) is 19.4 Å². The minimum absolute atomic E-state index is 0.0251. The Hall–Kier alpha value is -2.84. The van der Waals surface area contributed by atoms with E-state index in [9.17, 15) is 18.7 Å². The molecule has 1 fully saturated rings. The number of carbonyl (C=O) groups is 1. The van der Waals surface area contributed by atoms with Crippen LogP contribution in [0.25, 0.3) is 10.9 Å². The number of hydrogen-bond donors (Lipinski definition) is 1. The molecule has 0 unspecified atom stereocenters. The summed E-state index contributed by atoms with van der Waals surface area (Å²) in [4.78, 5) is 20.0. The number of fused-ring (bicyclic) bond motifs is 1. The first-order valence-corrected chi connectivity index (χ1v) is 9.46. The lowest BCUT2D eigenvalue weighted by Gasteiger charge is -2.32. The molecular formula is C21H22F2N4O2. The second-order valence-corrected chi connectivity index (χ2v) is 7.49. The van der Waals surface area contributed by atoms with Crippen molar-refractivity contribution in [3.8, 4) is 0 Å². The summed E-state index contributed by atoms with van der Waals surface area (Å²) in [6, 6.07) is 5.10. The molecule has 0 aliphatic carbocycles. The van der Waals surface area contributed by atoms with Gasteiger partial charge in [-0.1, -0.05) is 6.07 Å². The molecule has 0 atom stereocenters. The predicted molar refractivity (Wildman–Crippen MR) is 105 cm³/mol. The smallest absolute Gasteiger partial charge is 0.354 e. The Morgan fingerprint density at radius 3 is 2.55 bits per heavy atom. The lowest BCUT2D eigenvalue weighted by atomic mass is 10.1. The maximum Gasteiger partial charge on any atom is 0.354 e. The molecular weight excluding hydrogens is 378 g/mol. The Bertz CT molecular complexity index is 1060. The number of benzene rings is 1. The van der Waals surface area contributed by atoms with Crippen molar-refractivity contribution in [3.63, 3.8) is 0 Å². The third-order valence-corrected chi connectivity index (χ3v) is 5.41. The quantitative estimate of drug-likeness (QED) is 0.714. The van der Waals surface area contributed by atoms with Crippen molar-refractivity contribution < 1.29 is 18.7 Å². The molecule has 8 heteroatoms. The number of hydrogen-bond acceptors (Lipinski definition) is 4. The van der Waals surface area contributed by atoms with E-state index < -0.39 is 17.6 Å². The molecule has 0 bridgehead atoms. The van der Waals surface area contributed by atoms with Crippen LogP contribution in [-0.2, 0) is 13.1 Å². The molecule has 1 N–H and O–H groups in total. The average molecular weight is 400 g/mol. The molecule has 1 saturated heterocycles. The number of rotatable bonds is 5. The number of aromatic nitrogens is 2. The Morgan fingerprint density at radius 1 is 1.10 bits per heavy atom. The summed E-state index contributed by atoms with van der Waals surface area (Å²) in [6.45, 7) is 4.67. The summed E-state index contributed by atoms with van der Waals surface area (Å²) in [7, 11) is 2.09. The second-order valence-electron chi connectivity index (χ2n) is 7.49. The van der Waals surface area contributed by atoms with Crippen LogP contribution in [0.2, 0.25) is 0 Å². The fraction of sp³-hybridized carbons (Fsp3) is 0.333. The third kappa shape index (κ3) is 4.13. The maximum absolute atomic E-state index is 14.2. The van der Waals surface area contributed by atoms with Crippen LogP contribution < -0.4 is 0 Å². The van der Waals surface area contributed by atoms with Gasteiger partial charge in [-0.25, -0.2) is 18.6 Å². The Labute approximate surface area is 167 Å². The van der Waals surface area contributed by atoms with Gasteiger partial charge in [-0.05, 0) is 24.7 Å². The molecule has 1 aromatic carbocycles. The number of aromatic carboxylic acids is 1. The van der Waals surface area contributed by atoms with Gasteiger partial charge in [0.1, 0.15) is 17.3 Å². The van der Waals surface area contributed by atoms with Gasteiger partial charge in [-0.2, -0.15) is 0 Å². The van der Waals surface area contributed by atoms with Crippen LogP contribution in [0.5, 0.6) is 0 Å². The third-order valence-electron chi connectivity index (χ3n) is 5.41. The lowest BCUT2D eigenvalue weighted by Crippen LogP contribution is -2.43. The van der Waals surface area contributed by atoms with Crippen LogP contribution in [0, 0.1) is 11.6 Å². The van der Waals surface area contributed by atoms with Crippen molar-refractivity contribution in [3.05, 3.63) is 65.1 Å². The van der Waals surface area contributed by atoms with Gasteiger partial charge in [0.25, 0.3) is 0 Å². The molecule has 152 valence electrons. The van der Waals surface area contributed by atoms with Crippen LogP contribution in [-0.4, -0.2) is 63.7 Å². The molecule has 0 saturated carbocycles. The summed E-state index contributed by atoms with van der Waals surface area (Å²) in [5, 5.41) is 10.1. The minimum atomic E-state index is -1.09. The fourth-order valence-electron chi connectivity index (χ4n) is 3.72. The zero-order valence-electron chi connectivity index (χ0n) is 16.1. The molecule has 3 heterocycles. The highest BCUT2D eigenvalue weighted by atomic mass is 19.1. The summed E-state index contributed by atoms with van der Waals surface area (Å²) >= 11 is 0. The normalized spacial score (nSPS) is 15.8. The number of nitrogens with zero attached hydrogens (tertiary/aromatic N) is 4. The van der Waals surface area contributed by atoms with Crippen molar-refractivity contribution in [2.45, 2.75) is 13.1 Å². The number of halogens is 2. The van der Waals surface area contributed by atoms with Gasteiger partial charge in [-0.15, -0.1) is 0 Å². The average Bonchev–Trinajstić information content (AvgIpc) is 3.02. The number of carboxylic acid groups (broad SMARTS) is 1. The van der Waals surface area contributed by atoms with Crippen molar-refractivity contribution in [2.24, 2.45) is 0 Å². The van der Waals surface area contributed by atoms with Crippen molar-refractivity contribution >= 4 is 16.9 Å². The zero-order valence-corrected chi connectivity index (χ0v) is 16.1. The molecule has 29 heavy (non-hydrogen) atoms. The van der Waals surface area contributed by atoms with E-state index in [1.807, 2.05) is 10.8 Å². The Morgan fingerprint density at radius 2 is 1.86 bits per heavy atom. The largest absolute Gasteiger partial charge is 0.477 e. The van der Waals surface area contributed by atoms with Crippen LogP contribution >= 0.6 is 0 Å². The Kier molecular flexibility index (Phi) is 5.29. The zero-order chi connectivity index (χ0) is 20.5. The van der Waals surface area contributed by atoms with E-state index in [4.69, 9.17) is 0 Å². The maximum atomic E-state index is 14.2. The van der Waals surface area contributed by atoms with E-state index in [-0.39, 0.29) is 12.2 Å². The SMILES string of the molecule is CN1CCN(Cc2cn(Cc3ccc(F)cc3F)c3cnc(C(=O)O)cc23)CC1. The van der Waals surface area contributed by atoms with E-state index in [0.717, 1.165) is 48.7 Å². The van der Waals surface area contributed by atoms with Crippen LogP contribution in [0.4, 0.5) is 8.78 Å². The molecule has 0 amide bonds. The van der Waals surface area contributed by atoms with Gasteiger partial charge >= 0.3 is 5.97 Å². The van der Waals surface area contributed by atoms with Gasteiger partial charge in [0.2, 0.25) is 0 Å². The summed E-state index contributed by atoms with van der Waals surface area (Å²) < 4.78 is 29.2. The molecule has 1 aliphatic rings. The standard InChI is InChI=1S/C21H22F2N4O2/c1-25-4-6-26(7-5-25)11-15-13-27(12-14-2-3-16(22)8-18(14)23)20-10-24-19(21(28)29)9-17(15)20/h2-3,8-10,13H,4-7,11-12H2,1H3,(H,28,29). The molecule has 4 rings (SSSR count). The van der Waals surface area contributed by atoms with Gasteiger partial charge < -0.3 is 14.6 Å². The van der Waals surface area contributed by atoms with Crippen molar-refractivity contribution in [2.75, 3.05) is 33.2 Å². The minimum Gasteiger partial charge on any atom is -0.477 e. The number of pyridine rings is 1. The highest BCUT2D eigenvalue weighted by molar-refractivity contribution is 5.92. The van der Waals surface area contributed by atoms with Crippen LogP contribution in [0.3, 0.4) is 0 Å². The van der Waals surface area contributed by atoms with Crippen LogP contribution in [0.15, 0.2) is 36.7 Å². The number of piperazine rings is 1. The van der Waals surface area contributed by atoms with E-state index in [0.29, 0.717) is 12.1 Å². The number of likely N-dealkylation sites (N-methyl/N-ethyl adjacent to an activating group) is 1. The highest BCUT2D eigenvalue weighted by Gasteiger charge is 2.19. The van der Waals surface area contributed by atoms with E-state index in [2.05, 4.69) is 21.8 Å². The first kappa shape index (κ1) is 19.5. The predicted octanol–water partition coefficient (Wildman–Crippen LogP) is 2.81. The summed E-state index contributed by atoms with van der Waals surface area (Å²) in [6.07, 6.45) is 3.42. The molecule has 3 aromatic rings. The van der Waals surface area contributed by atoms with E-state index >= 15 is 0 Å². The Balaban J connectivity index is 1.71. The van der Waals surface area contributed by atoms with Crippen molar-refractivity contribution in [1.29, 1.82) is 0 Å². The number of carboxylic acids is 1. The summed E-state index contributed by atoms with van der Waals surface area (Å²) in [5.74, 6) is -2.32. The van der Waals surface area contributed by atoms with Gasteiger partial charge in [-0.3, -0.25) is 4.90 Å². The summed E-state index contributed by atoms with van der Waals surface area (Å²) in [5.41, 5.74) is 2.03. The van der Waals surface area contributed by atoms with Crippen LogP contribution in [0.1, 0.15) is 21.6 Å². The molecule has 0 spiro atoms.